The van der Waals surface area contributed by atoms with Crippen LogP contribution in [0.2, 0.25) is 0 Å². The Morgan fingerprint density at radius 1 is 1.92 bits per heavy atom. The second-order valence-corrected chi connectivity index (χ2v) is 2.73. The Bertz CT molecular complexity index is 331. The second-order valence-electron chi connectivity index (χ2n) is 2.73. The van der Waals surface area contributed by atoms with Crippen molar-refractivity contribution in [2.45, 2.75) is 13.0 Å². The minimum absolute atomic E-state index is 0.179. The Balaban J connectivity index is 2.41. The van der Waals surface area contributed by atoms with Crippen molar-refractivity contribution in [3.8, 4) is 5.88 Å². The molecule has 1 aliphatic rings. The van der Waals surface area contributed by atoms with E-state index in [4.69, 9.17) is 9.84 Å². The van der Waals surface area contributed by atoms with Crippen molar-refractivity contribution in [2.75, 3.05) is 6.61 Å². The summed E-state index contributed by atoms with van der Waals surface area (Å²) in [7, 11) is 0. The molecule has 1 aromatic rings. The highest BCUT2D eigenvalue weighted by Crippen LogP contribution is 2.25. The van der Waals surface area contributed by atoms with Crippen molar-refractivity contribution in [2.24, 2.45) is 0 Å². The average Bonchev–Trinajstić information content (AvgIpc) is 2.43. The fourth-order valence-corrected chi connectivity index (χ4v) is 1.23. The molecule has 0 radical (unpaired) electrons. The van der Waals surface area contributed by atoms with E-state index in [0.29, 0.717) is 5.88 Å². The van der Waals surface area contributed by atoms with Crippen LogP contribution in [0.3, 0.4) is 0 Å². The average molecular weight is 168 g/mol. The molecule has 64 valence electrons. The fraction of sp³-hybridized carbons (Fsp3) is 0.429. The molecule has 5 nitrogen and oxygen atoms in total. The lowest BCUT2D eigenvalue weighted by atomic mass is 10.3. The zero-order chi connectivity index (χ0) is 8.72. The van der Waals surface area contributed by atoms with Crippen LogP contribution in [0.5, 0.6) is 5.88 Å². The van der Waals surface area contributed by atoms with Crippen LogP contribution in [-0.4, -0.2) is 27.5 Å². The number of aliphatic carboxylic acids is 1. The van der Waals surface area contributed by atoms with Gasteiger partial charge in [-0.05, 0) is 6.92 Å². The standard InChI is InChI=1S/C7H8N2O3/c1-4-2-6-9(8-4)5(3-12-6)7(10)11/h2,5H,3H2,1H3,(H,10,11). The van der Waals surface area contributed by atoms with Gasteiger partial charge in [0.25, 0.3) is 0 Å². The van der Waals surface area contributed by atoms with Crippen molar-refractivity contribution in [3.05, 3.63) is 11.8 Å². The van der Waals surface area contributed by atoms with E-state index >= 15 is 0 Å². The van der Waals surface area contributed by atoms with Gasteiger partial charge in [-0.25, -0.2) is 9.48 Å². The van der Waals surface area contributed by atoms with E-state index in [2.05, 4.69) is 5.10 Å². The lowest BCUT2D eigenvalue weighted by Crippen LogP contribution is -2.19. The number of hydrogen-bond acceptors (Lipinski definition) is 3. The predicted octanol–water partition coefficient (Wildman–Crippen LogP) is 0.210. The monoisotopic (exact) mass is 168 g/mol. The molecule has 0 aliphatic carbocycles. The van der Waals surface area contributed by atoms with E-state index in [-0.39, 0.29) is 6.61 Å². The molecule has 2 rings (SSSR count). The normalized spacial score (nSPS) is 20.2. The molecule has 1 atom stereocenters. The molecule has 1 unspecified atom stereocenters. The number of carboxylic acid groups (broad SMARTS) is 1. The summed E-state index contributed by atoms with van der Waals surface area (Å²) in [5.41, 5.74) is 0.774. The summed E-state index contributed by atoms with van der Waals surface area (Å²) in [6.07, 6.45) is 0. The SMILES string of the molecule is Cc1cc2n(n1)C(C(=O)O)CO2. The number of aromatic nitrogens is 2. The molecule has 0 amide bonds. The van der Waals surface area contributed by atoms with Crippen molar-refractivity contribution in [3.63, 3.8) is 0 Å². The van der Waals surface area contributed by atoms with E-state index < -0.39 is 12.0 Å². The fourth-order valence-electron chi connectivity index (χ4n) is 1.23. The Labute approximate surface area is 68.6 Å². The molecule has 2 heterocycles. The largest absolute Gasteiger partial charge is 0.480 e. The molecule has 0 aromatic carbocycles. The first kappa shape index (κ1) is 7.15. The number of ether oxygens (including phenoxy) is 1. The summed E-state index contributed by atoms with van der Waals surface area (Å²) in [6, 6.07) is 1.07. The van der Waals surface area contributed by atoms with Crippen LogP contribution in [-0.2, 0) is 4.79 Å². The van der Waals surface area contributed by atoms with Gasteiger partial charge < -0.3 is 9.84 Å². The summed E-state index contributed by atoms with van der Waals surface area (Å²) in [5, 5.41) is 12.7. The molecule has 0 fully saturated rings. The number of carboxylic acids is 1. The number of fused-ring (bicyclic) bond motifs is 1. The molecule has 0 saturated heterocycles. The van der Waals surface area contributed by atoms with Crippen LogP contribution >= 0.6 is 0 Å². The van der Waals surface area contributed by atoms with Crippen LogP contribution in [0.4, 0.5) is 0 Å². The van der Waals surface area contributed by atoms with Crippen LogP contribution in [0.1, 0.15) is 11.7 Å². The van der Waals surface area contributed by atoms with Crippen molar-refractivity contribution < 1.29 is 14.6 Å². The Morgan fingerprint density at radius 3 is 3.33 bits per heavy atom. The third-order valence-electron chi connectivity index (χ3n) is 1.79. The highest BCUT2D eigenvalue weighted by atomic mass is 16.5. The Morgan fingerprint density at radius 2 is 2.67 bits per heavy atom. The number of aryl methyl sites for hydroxylation is 1. The third-order valence-corrected chi connectivity index (χ3v) is 1.79. The van der Waals surface area contributed by atoms with Gasteiger partial charge >= 0.3 is 5.97 Å². The summed E-state index contributed by atoms with van der Waals surface area (Å²) in [4.78, 5) is 10.6. The summed E-state index contributed by atoms with van der Waals surface area (Å²) in [6.45, 7) is 1.98. The topological polar surface area (TPSA) is 64.4 Å². The van der Waals surface area contributed by atoms with Gasteiger partial charge in [0.1, 0.15) is 6.61 Å². The molecule has 0 saturated carbocycles. The van der Waals surface area contributed by atoms with Gasteiger partial charge in [-0.15, -0.1) is 0 Å². The number of hydrogen-bond donors (Lipinski definition) is 1. The van der Waals surface area contributed by atoms with Crippen molar-refractivity contribution in [1.82, 2.24) is 9.78 Å². The molecule has 1 aliphatic heterocycles. The van der Waals surface area contributed by atoms with Crippen molar-refractivity contribution in [1.29, 1.82) is 0 Å². The number of nitrogens with zero attached hydrogens (tertiary/aromatic N) is 2. The van der Waals surface area contributed by atoms with Crippen LogP contribution in [0.15, 0.2) is 6.07 Å². The molecule has 0 bridgehead atoms. The Kier molecular flexibility index (Phi) is 1.33. The zero-order valence-electron chi connectivity index (χ0n) is 6.52. The summed E-state index contributed by atoms with van der Waals surface area (Å²) >= 11 is 0. The van der Waals surface area contributed by atoms with Crippen molar-refractivity contribution >= 4 is 5.97 Å². The molecule has 0 spiro atoms. The quantitative estimate of drug-likeness (QED) is 0.651. The minimum Gasteiger partial charge on any atom is -0.480 e. The second kappa shape index (κ2) is 2.23. The van der Waals surface area contributed by atoms with Gasteiger partial charge in [-0.2, -0.15) is 5.10 Å². The number of carbonyl (C=O) groups is 1. The first-order valence-corrected chi connectivity index (χ1v) is 3.60. The highest BCUT2D eigenvalue weighted by molar-refractivity contribution is 5.72. The Hall–Kier alpha value is -1.52. The van der Waals surface area contributed by atoms with Gasteiger partial charge in [0, 0.05) is 6.07 Å². The maximum absolute atomic E-state index is 10.6. The molecule has 1 N–H and O–H groups in total. The van der Waals surface area contributed by atoms with Gasteiger partial charge in [0.05, 0.1) is 5.69 Å². The minimum atomic E-state index is -0.906. The highest BCUT2D eigenvalue weighted by Gasteiger charge is 2.30. The van der Waals surface area contributed by atoms with E-state index in [9.17, 15) is 4.79 Å². The molecule has 1 aromatic heterocycles. The van der Waals surface area contributed by atoms with Gasteiger partial charge in [0.15, 0.2) is 6.04 Å². The lowest BCUT2D eigenvalue weighted by molar-refractivity contribution is -0.141. The molecular formula is C7H8N2O3. The van der Waals surface area contributed by atoms with E-state index in [1.807, 2.05) is 0 Å². The number of rotatable bonds is 1. The van der Waals surface area contributed by atoms with Gasteiger partial charge in [0.2, 0.25) is 5.88 Å². The van der Waals surface area contributed by atoms with E-state index in [0.717, 1.165) is 5.69 Å². The molecular weight excluding hydrogens is 160 g/mol. The van der Waals surface area contributed by atoms with E-state index in [1.54, 1.807) is 13.0 Å². The van der Waals surface area contributed by atoms with Crippen LogP contribution in [0.25, 0.3) is 0 Å². The van der Waals surface area contributed by atoms with E-state index in [1.165, 1.54) is 4.68 Å². The summed E-state index contributed by atoms with van der Waals surface area (Å²) < 4.78 is 6.51. The lowest BCUT2D eigenvalue weighted by Gasteiger charge is -2.01. The maximum Gasteiger partial charge on any atom is 0.332 e. The summed E-state index contributed by atoms with van der Waals surface area (Å²) in [5.74, 6) is -0.364. The first-order chi connectivity index (χ1) is 5.68. The first-order valence-electron chi connectivity index (χ1n) is 3.60. The maximum atomic E-state index is 10.6. The predicted molar refractivity (Wildman–Crippen MR) is 39.1 cm³/mol. The third kappa shape index (κ3) is 0.861. The van der Waals surface area contributed by atoms with Crippen LogP contribution < -0.4 is 4.74 Å². The molecule has 12 heavy (non-hydrogen) atoms. The zero-order valence-corrected chi connectivity index (χ0v) is 6.52. The van der Waals surface area contributed by atoms with Gasteiger partial charge in [-0.3, -0.25) is 0 Å². The van der Waals surface area contributed by atoms with Gasteiger partial charge in [-0.1, -0.05) is 0 Å². The van der Waals surface area contributed by atoms with Crippen LogP contribution in [0, 0.1) is 6.92 Å². The molecule has 5 heteroatoms. The smallest absolute Gasteiger partial charge is 0.332 e.